The second-order valence-corrected chi connectivity index (χ2v) is 5.19. The van der Waals surface area contributed by atoms with Crippen LogP contribution in [0.15, 0.2) is 68.4 Å². The maximum Gasteiger partial charge on any atom is 0.240 e. The first kappa shape index (κ1) is 19.2. The van der Waals surface area contributed by atoms with Gasteiger partial charge in [0.2, 0.25) is 6.08 Å². The van der Waals surface area contributed by atoms with Gasteiger partial charge in [0.15, 0.2) is 0 Å². The Kier molecular flexibility index (Phi) is 9.71. The Morgan fingerprint density at radius 3 is 1.74 bits per heavy atom. The molecule has 0 bridgehead atoms. The number of benzene rings is 2. The van der Waals surface area contributed by atoms with Gasteiger partial charge >= 0.3 is 0 Å². The Morgan fingerprint density at radius 1 is 0.826 bits per heavy atom. The molecule has 0 aliphatic heterocycles. The number of para-hydroxylation sites is 3. The zero-order valence-electron chi connectivity index (χ0n) is 11.5. The van der Waals surface area contributed by atoms with Gasteiger partial charge < -0.3 is 0 Å². The van der Waals surface area contributed by atoms with Crippen molar-refractivity contribution in [1.29, 1.82) is 0 Å². The molecule has 4 nitrogen and oxygen atoms in total. The van der Waals surface area contributed by atoms with Gasteiger partial charge in [0.1, 0.15) is 11.4 Å². The monoisotopic (exact) mass is 375 g/mol. The summed E-state index contributed by atoms with van der Waals surface area (Å²) in [7, 11) is 1.26. The van der Waals surface area contributed by atoms with E-state index in [1.54, 1.807) is 18.2 Å². The normalized spacial score (nSPS) is 8.39. The van der Waals surface area contributed by atoms with E-state index in [4.69, 9.17) is 0 Å². The summed E-state index contributed by atoms with van der Waals surface area (Å²) in [6, 6.07) is 14.5. The summed E-state index contributed by atoms with van der Waals surface area (Å²) >= 11 is 12.9. The van der Waals surface area contributed by atoms with Crippen LogP contribution in [0.25, 0.3) is 0 Å². The molecule has 0 atom stereocenters. The lowest BCUT2D eigenvalue weighted by molar-refractivity contribution is 0.565. The number of carbonyl (C=O) groups excluding carboxylic acids is 1. The molecule has 0 unspecified atom stereocenters. The first-order chi connectivity index (χ1) is 11.3. The first-order valence-corrected chi connectivity index (χ1v) is 8.68. The van der Waals surface area contributed by atoms with E-state index in [2.05, 4.69) is 61.4 Å². The highest BCUT2D eigenvalue weighted by Gasteiger charge is 1.96. The first-order valence-electron chi connectivity index (χ1n) is 6.00. The average molecular weight is 376 g/mol. The molecule has 0 spiro atoms. The molecule has 23 heavy (non-hydrogen) atoms. The lowest BCUT2D eigenvalue weighted by atomic mass is 10.3. The van der Waals surface area contributed by atoms with Gasteiger partial charge in [-0.1, -0.05) is 35.1 Å². The van der Waals surface area contributed by atoms with E-state index < -0.39 is 0 Å². The van der Waals surface area contributed by atoms with E-state index in [1.807, 2.05) is 30.3 Å². The summed E-state index contributed by atoms with van der Waals surface area (Å²) in [5.41, 5.74) is 1.93. The van der Waals surface area contributed by atoms with Gasteiger partial charge in [0, 0.05) is 4.90 Å². The SMILES string of the molecule is O=C=Nc1ccccc1SS.S=C=Nc1ccccc1N=C=S. The maximum atomic E-state index is 9.92. The third-order valence-corrected chi connectivity index (χ3v) is 3.66. The highest BCUT2D eigenvalue weighted by molar-refractivity contribution is 8.68. The predicted octanol–water partition coefficient (Wildman–Crippen LogP) is 5.75. The van der Waals surface area contributed by atoms with E-state index in [1.165, 1.54) is 16.9 Å². The number of hydrogen-bond acceptors (Lipinski definition) is 8. The van der Waals surface area contributed by atoms with Crippen molar-refractivity contribution in [2.75, 3.05) is 0 Å². The average Bonchev–Trinajstić information content (AvgIpc) is 2.58. The fraction of sp³-hybridized carbons (Fsp3) is 0. The fourth-order valence-corrected chi connectivity index (χ4v) is 2.43. The number of isocyanates is 1. The molecular weight excluding hydrogens is 366 g/mol. The standard InChI is InChI=1S/C8H4N2S2.C7H5NOS2/c11-5-9-7-3-1-2-4-8(7)10-6-12;9-5-8-6-3-1-2-4-7(6)11-10/h1-4H;1-4,10H. The Balaban J connectivity index is 0.000000231. The molecule has 0 amide bonds. The van der Waals surface area contributed by atoms with Crippen LogP contribution in [0.1, 0.15) is 0 Å². The Bertz CT molecular complexity index is 769. The number of aliphatic imine (C=N–C) groups is 3. The van der Waals surface area contributed by atoms with Crippen molar-refractivity contribution >= 4 is 80.4 Å². The molecule has 2 rings (SSSR count). The molecule has 0 radical (unpaired) electrons. The van der Waals surface area contributed by atoms with Crippen molar-refractivity contribution in [2.45, 2.75) is 4.90 Å². The van der Waals surface area contributed by atoms with Crippen LogP contribution in [-0.4, -0.2) is 16.4 Å². The van der Waals surface area contributed by atoms with Crippen molar-refractivity contribution in [3.8, 4) is 0 Å². The number of hydrogen-bond donors (Lipinski definition) is 1. The van der Waals surface area contributed by atoms with Crippen molar-refractivity contribution in [3.63, 3.8) is 0 Å². The maximum absolute atomic E-state index is 9.92. The molecule has 0 aromatic heterocycles. The Labute approximate surface area is 153 Å². The molecule has 2 aromatic rings. The van der Waals surface area contributed by atoms with Crippen molar-refractivity contribution in [1.82, 2.24) is 0 Å². The summed E-state index contributed by atoms with van der Waals surface area (Å²) in [6.45, 7) is 0. The molecule has 0 saturated carbocycles. The molecule has 0 heterocycles. The van der Waals surface area contributed by atoms with Crippen molar-refractivity contribution in [3.05, 3.63) is 48.5 Å². The predicted molar refractivity (Wildman–Crippen MR) is 105 cm³/mol. The van der Waals surface area contributed by atoms with Crippen LogP contribution in [-0.2, 0) is 4.79 Å². The van der Waals surface area contributed by atoms with E-state index in [9.17, 15) is 4.79 Å². The highest BCUT2D eigenvalue weighted by Crippen LogP contribution is 2.30. The van der Waals surface area contributed by atoms with Crippen LogP contribution in [0.3, 0.4) is 0 Å². The topological polar surface area (TPSA) is 54.1 Å². The van der Waals surface area contributed by atoms with Crippen LogP contribution in [0, 0.1) is 0 Å². The summed E-state index contributed by atoms with van der Waals surface area (Å²) in [5, 5.41) is 4.54. The fourth-order valence-electron chi connectivity index (χ4n) is 1.43. The molecule has 8 heteroatoms. The molecule has 114 valence electrons. The summed E-state index contributed by atoms with van der Waals surface area (Å²) in [6.07, 6.45) is 1.49. The molecule has 2 aromatic carbocycles. The Hall–Kier alpha value is -1.88. The van der Waals surface area contributed by atoms with Crippen molar-refractivity contribution < 1.29 is 4.79 Å². The molecule has 0 fully saturated rings. The number of thiol groups is 1. The summed E-state index contributed by atoms with van der Waals surface area (Å²) < 4.78 is 0. The lowest BCUT2D eigenvalue weighted by Crippen LogP contribution is -1.68. The minimum absolute atomic E-state index is 0.613. The quantitative estimate of drug-likeness (QED) is 0.243. The lowest BCUT2D eigenvalue weighted by Gasteiger charge is -1.96. The molecule has 0 aliphatic rings. The van der Waals surface area contributed by atoms with Gasteiger partial charge in [-0.2, -0.15) is 15.0 Å². The zero-order valence-corrected chi connectivity index (χ0v) is 14.9. The smallest absolute Gasteiger partial charge is 0.211 e. The number of thiocarbonyl (C=S) groups is 2. The van der Waals surface area contributed by atoms with Gasteiger partial charge in [-0.3, -0.25) is 0 Å². The van der Waals surface area contributed by atoms with Crippen LogP contribution in [0.5, 0.6) is 0 Å². The third-order valence-electron chi connectivity index (χ3n) is 2.34. The van der Waals surface area contributed by atoms with E-state index >= 15 is 0 Å². The molecule has 0 N–H and O–H groups in total. The minimum atomic E-state index is 0.613. The molecule has 0 aliphatic carbocycles. The largest absolute Gasteiger partial charge is 0.240 e. The minimum Gasteiger partial charge on any atom is -0.211 e. The van der Waals surface area contributed by atoms with Crippen LogP contribution >= 0.6 is 46.9 Å². The van der Waals surface area contributed by atoms with Crippen molar-refractivity contribution in [2.24, 2.45) is 15.0 Å². The van der Waals surface area contributed by atoms with Crippen LogP contribution < -0.4 is 0 Å². The second kappa shape index (κ2) is 11.7. The molecule has 0 saturated heterocycles. The zero-order chi connectivity index (χ0) is 16.9. The van der Waals surface area contributed by atoms with Gasteiger partial charge in [0.05, 0.1) is 16.0 Å². The summed E-state index contributed by atoms with van der Waals surface area (Å²) in [5.74, 6) is 0. The molecular formula is C15H9N3OS4. The Morgan fingerprint density at radius 2 is 1.30 bits per heavy atom. The van der Waals surface area contributed by atoms with Crippen LogP contribution in [0.4, 0.5) is 17.1 Å². The van der Waals surface area contributed by atoms with Gasteiger partial charge in [-0.15, -0.1) is 11.7 Å². The number of rotatable bonds is 4. The van der Waals surface area contributed by atoms with E-state index in [0.717, 1.165) is 4.90 Å². The number of nitrogens with zero attached hydrogens (tertiary/aromatic N) is 3. The van der Waals surface area contributed by atoms with Gasteiger partial charge in [0.25, 0.3) is 0 Å². The second-order valence-electron chi connectivity index (χ2n) is 3.66. The van der Waals surface area contributed by atoms with E-state index in [0.29, 0.717) is 17.1 Å². The van der Waals surface area contributed by atoms with E-state index in [-0.39, 0.29) is 0 Å². The van der Waals surface area contributed by atoms with Crippen LogP contribution in [0.2, 0.25) is 0 Å². The number of isothiocyanates is 2. The van der Waals surface area contributed by atoms with Gasteiger partial charge in [-0.25, -0.2) is 4.79 Å². The third kappa shape index (κ3) is 6.82. The summed E-state index contributed by atoms with van der Waals surface area (Å²) in [4.78, 5) is 21.9. The highest BCUT2D eigenvalue weighted by atomic mass is 33.1. The van der Waals surface area contributed by atoms with Gasteiger partial charge in [-0.05, 0) is 48.7 Å².